The highest BCUT2D eigenvalue weighted by atomic mass is 15.2. The van der Waals surface area contributed by atoms with E-state index < -0.39 is 0 Å². The highest BCUT2D eigenvalue weighted by Gasteiger charge is 2.04. The average Bonchev–Trinajstić information content (AvgIpc) is 1.87. The van der Waals surface area contributed by atoms with E-state index in [1.54, 1.807) is 0 Å². The van der Waals surface area contributed by atoms with Crippen LogP contribution in [0.2, 0.25) is 0 Å². The van der Waals surface area contributed by atoms with Gasteiger partial charge in [0.05, 0.1) is 6.17 Å². The zero-order valence-electron chi connectivity index (χ0n) is 6.87. The second kappa shape index (κ2) is 6.51. The quantitative estimate of drug-likeness (QED) is 0.321. The summed E-state index contributed by atoms with van der Waals surface area (Å²) in [5.74, 6) is 0. The molecule has 0 aromatic carbocycles. The predicted molar refractivity (Wildman–Crippen MR) is 46.7 cm³/mol. The maximum Gasteiger partial charge on any atom is 0.0652 e. The van der Waals surface area contributed by atoms with E-state index in [0.29, 0.717) is 19.6 Å². The summed E-state index contributed by atoms with van der Waals surface area (Å²) in [6.07, 6.45) is -0.298. The van der Waals surface area contributed by atoms with Crippen molar-refractivity contribution in [2.24, 2.45) is 22.9 Å². The maximum atomic E-state index is 5.41. The monoisotopic (exact) mass is 161 g/mol. The molecule has 0 radical (unpaired) electrons. The summed E-state index contributed by atoms with van der Waals surface area (Å²) in [5, 5.41) is 0. The number of hydrogen-bond donors (Lipinski definition) is 4. The Bertz CT molecular complexity index is 79.0. The summed E-state index contributed by atoms with van der Waals surface area (Å²) in [6, 6.07) is 0. The van der Waals surface area contributed by atoms with E-state index in [4.69, 9.17) is 22.9 Å². The third kappa shape index (κ3) is 6.21. The molecule has 0 aromatic rings. The van der Waals surface area contributed by atoms with Gasteiger partial charge in [-0.3, -0.25) is 4.90 Å². The first-order chi connectivity index (χ1) is 5.20. The zero-order valence-corrected chi connectivity index (χ0v) is 6.87. The molecule has 11 heavy (non-hydrogen) atoms. The van der Waals surface area contributed by atoms with Crippen molar-refractivity contribution in [2.45, 2.75) is 6.17 Å². The molecule has 0 saturated heterocycles. The van der Waals surface area contributed by atoms with Crippen molar-refractivity contribution in [3.8, 4) is 0 Å². The van der Waals surface area contributed by atoms with Crippen molar-refractivity contribution in [3.63, 3.8) is 0 Å². The van der Waals surface area contributed by atoms with Crippen molar-refractivity contribution in [2.75, 3.05) is 32.7 Å². The van der Waals surface area contributed by atoms with Crippen molar-refractivity contribution in [1.82, 2.24) is 4.90 Å². The average molecular weight is 161 g/mol. The predicted octanol–water partition coefficient (Wildman–Crippen LogP) is -2.55. The molecule has 0 saturated carbocycles. The zero-order chi connectivity index (χ0) is 8.69. The normalized spacial score (nSPS) is 11.5. The standard InChI is InChI=1S/C6H19N5/c7-1-3-11(4-2-8)5-6(9)10/h6H,1-5,7-10H2. The van der Waals surface area contributed by atoms with Crippen LogP contribution in [0.4, 0.5) is 0 Å². The van der Waals surface area contributed by atoms with Crippen LogP contribution in [-0.4, -0.2) is 43.8 Å². The van der Waals surface area contributed by atoms with E-state index >= 15 is 0 Å². The Labute approximate surface area is 67.7 Å². The summed E-state index contributed by atoms with van der Waals surface area (Å²) in [4.78, 5) is 2.06. The van der Waals surface area contributed by atoms with Crippen LogP contribution >= 0.6 is 0 Å². The molecule has 8 N–H and O–H groups in total. The number of nitrogens with zero attached hydrogens (tertiary/aromatic N) is 1. The fraction of sp³-hybridized carbons (Fsp3) is 1.00. The van der Waals surface area contributed by atoms with Crippen LogP contribution in [0.3, 0.4) is 0 Å². The van der Waals surface area contributed by atoms with Crippen LogP contribution in [-0.2, 0) is 0 Å². The highest BCUT2D eigenvalue weighted by molar-refractivity contribution is 4.63. The van der Waals surface area contributed by atoms with Gasteiger partial charge in [0.2, 0.25) is 0 Å². The van der Waals surface area contributed by atoms with Gasteiger partial charge in [0, 0.05) is 32.7 Å². The van der Waals surface area contributed by atoms with E-state index in [1.807, 2.05) is 0 Å². The van der Waals surface area contributed by atoms with E-state index in [0.717, 1.165) is 13.1 Å². The highest BCUT2D eigenvalue weighted by Crippen LogP contribution is 1.84. The van der Waals surface area contributed by atoms with Gasteiger partial charge < -0.3 is 22.9 Å². The van der Waals surface area contributed by atoms with Gasteiger partial charge in [0.25, 0.3) is 0 Å². The van der Waals surface area contributed by atoms with Crippen molar-refractivity contribution in [3.05, 3.63) is 0 Å². The van der Waals surface area contributed by atoms with Crippen molar-refractivity contribution < 1.29 is 0 Å². The molecule has 0 aliphatic rings. The molecule has 0 rings (SSSR count). The third-order valence-corrected chi connectivity index (χ3v) is 1.36. The van der Waals surface area contributed by atoms with Crippen LogP contribution < -0.4 is 22.9 Å². The van der Waals surface area contributed by atoms with E-state index in [-0.39, 0.29) is 6.17 Å². The fourth-order valence-corrected chi connectivity index (χ4v) is 0.958. The van der Waals surface area contributed by atoms with Gasteiger partial charge in [-0.1, -0.05) is 0 Å². The second-order valence-electron chi connectivity index (χ2n) is 2.54. The minimum absolute atomic E-state index is 0.298. The minimum atomic E-state index is -0.298. The Morgan fingerprint density at radius 3 is 1.73 bits per heavy atom. The molecule has 0 fully saturated rings. The van der Waals surface area contributed by atoms with Crippen LogP contribution in [0.25, 0.3) is 0 Å². The summed E-state index contributed by atoms with van der Waals surface area (Å²) in [6.45, 7) is 3.51. The van der Waals surface area contributed by atoms with Gasteiger partial charge in [-0.15, -0.1) is 0 Å². The topological polar surface area (TPSA) is 107 Å². The summed E-state index contributed by atoms with van der Waals surface area (Å²) in [5.41, 5.74) is 21.6. The molecule has 0 amide bonds. The number of nitrogens with two attached hydrogens (primary N) is 4. The molecule has 0 atom stereocenters. The second-order valence-corrected chi connectivity index (χ2v) is 2.54. The minimum Gasteiger partial charge on any atom is -0.329 e. The van der Waals surface area contributed by atoms with Crippen molar-refractivity contribution in [1.29, 1.82) is 0 Å². The van der Waals surface area contributed by atoms with Gasteiger partial charge in [-0.2, -0.15) is 0 Å². The van der Waals surface area contributed by atoms with Crippen LogP contribution in [0.5, 0.6) is 0 Å². The van der Waals surface area contributed by atoms with Crippen LogP contribution in [0, 0.1) is 0 Å². The van der Waals surface area contributed by atoms with Gasteiger partial charge >= 0.3 is 0 Å². The summed E-state index contributed by atoms with van der Waals surface area (Å²) >= 11 is 0. The van der Waals surface area contributed by atoms with Crippen LogP contribution in [0.15, 0.2) is 0 Å². The van der Waals surface area contributed by atoms with Crippen molar-refractivity contribution >= 4 is 0 Å². The van der Waals surface area contributed by atoms with E-state index in [2.05, 4.69) is 4.90 Å². The Morgan fingerprint density at radius 1 is 1.00 bits per heavy atom. The molecule has 5 heteroatoms. The van der Waals surface area contributed by atoms with E-state index in [1.165, 1.54) is 0 Å². The largest absolute Gasteiger partial charge is 0.329 e. The van der Waals surface area contributed by atoms with Crippen LogP contribution in [0.1, 0.15) is 0 Å². The lowest BCUT2D eigenvalue weighted by Gasteiger charge is -2.22. The summed E-state index contributed by atoms with van der Waals surface area (Å²) in [7, 11) is 0. The fourth-order valence-electron chi connectivity index (χ4n) is 0.958. The lowest BCUT2D eigenvalue weighted by atomic mass is 10.4. The molecule has 0 aliphatic carbocycles. The number of rotatable bonds is 6. The summed E-state index contributed by atoms with van der Waals surface area (Å²) < 4.78 is 0. The lowest BCUT2D eigenvalue weighted by Crippen LogP contribution is -2.46. The first-order valence-corrected chi connectivity index (χ1v) is 3.84. The van der Waals surface area contributed by atoms with Gasteiger partial charge in [0.1, 0.15) is 0 Å². The van der Waals surface area contributed by atoms with Gasteiger partial charge in [-0.25, -0.2) is 0 Å². The molecular weight excluding hydrogens is 142 g/mol. The molecule has 68 valence electrons. The van der Waals surface area contributed by atoms with Gasteiger partial charge in [-0.05, 0) is 0 Å². The Kier molecular flexibility index (Phi) is 6.39. The SMILES string of the molecule is NCCN(CCN)CC(N)N. The molecular formula is C6H19N5. The Balaban J connectivity index is 3.50. The molecule has 0 aliphatic heterocycles. The third-order valence-electron chi connectivity index (χ3n) is 1.36. The molecule has 0 heterocycles. The molecule has 0 unspecified atom stereocenters. The number of hydrogen-bond acceptors (Lipinski definition) is 5. The molecule has 0 bridgehead atoms. The lowest BCUT2D eigenvalue weighted by molar-refractivity contribution is 0.272. The van der Waals surface area contributed by atoms with E-state index in [9.17, 15) is 0 Å². The van der Waals surface area contributed by atoms with Gasteiger partial charge in [0.15, 0.2) is 0 Å². The smallest absolute Gasteiger partial charge is 0.0652 e. The first-order valence-electron chi connectivity index (χ1n) is 3.84. The molecule has 0 spiro atoms. The molecule has 0 aromatic heterocycles. The first kappa shape index (κ1) is 10.8. The molecule has 5 nitrogen and oxygen atoms in total. The Morgan fingerprint density at radius 2 is 1.45 bits per heavy atom. The maximum absolute atomic E-state index is 5.41. The Hall–Kier alpha value is -0.200.